The fourth-order valence-electron chi connectivity index (χ4n) is 7.79. The number of anilines is 2. The van der Waals surface area contributed by atoms with E-state index in [1.807, 2.05) is 0 Å². The van der Waals surface area contributed by atoms with Gasteiger partial charge in [-0.05, 0) is 85.0 Å². The van der Waals surface area contributed by atoms with E-state index in [-0.39, 0.29) is 17.2 Å². The summed E-state index contributed by atoms with van der Waals surface area (Å²) in [6.07, 6.45) is 0.0853. The zero-order valence-corrected chi connectivity index (χ0v) is 25.5. The first-order valence-electron chi connectivity index (χ1n) is 14.3. The molecule has 10 nitrogen and oxygen atoms in total. The second-order valence-corrected chi connectivity index (χ2v) is 12.4. The van der Waals surface area contributed by atoms with Crippen molar-refractivity contribution in [2.75, 3.05) is 24.0 Å². The van der Waals surface area contributed by atoms with Crippen molar-refractivity contribution in [2.45, 2.75) is 6.42 Å². The molecule has 2 heterocycles. The number of hydrogen-bond acceptors (Lipinski definition) is 8. The molecule has 3 aromatic carbocycles. The number of hydrogen-bond donors (Lipinski definition) is 0. The molecule has 45 heavy (non-hydrogen) atoms. The van der Waals surface area contributed by atoms with E-state index in [4.69, 9.17) is 37.4 Å². The second kappa shape index (κ2) is 10.9. The van der Waals surface area contributed by atoms with Gasteiger partial charge in [-0.3, -0.25) is 33.8 Å². The van der Waals surface area contributed by atoms with E-state index in [9.17, 15) is 24.0 Å². The standard InChI is InChI=1S/C33H26Cl2N2O8/c1-43-18-8-4-16(5-9-18)36-29(38)25-20-14-21(33(42)45-23-12-3-15(34)13-22(23)35)24(27(25)31(36)40)28-26(20)30(39)37(32(28)41)17-6-10-19(44-2)11-7-17/h3-13,20-21,24-28H,14H2,1-2H3/t20?,21-,24?,25+,26+,27-,28+/m0/s1. The molecule has 2 bridgehead atoms. The molecule has 2 unspecified atom stereocenters. The van der Waals surface area contributed by atoms with Crippen molar-refractivity contribution in [2.24, 2.45) is 41.4 Å². The van der Waals surface area contributed by atoms with Crippen molar-refractivity contribution in [3.05, 3.63) is 76.8 Å². The van der Waals surface area contributed by atoms with Crippen LogP contribution in [-0.2, 0) is 24.0 Å². The average molecular weight is 649 g/mol. The number of rotatable bonds is 6. The third-order valence-electron chi connectivity index (χ3n) is 9.61. The third kappa shape index (κ3) is 4.41. The SMILES string of the molecule is COc1ccc(N2C(=O)[C@@H]3C4C[C@H](C(=O)Oc5ccc(Cl)cc5Cl)C([C@H]3C2=O)[C@@H]2C(=O)N(c3ccc(OC)cc3)C(=O)[C@H]42)cc1. The summed E-state index contributed by atoms with van der Waals surface area (Å²) in [5.41, 5.74) is 0.684. The van der Waals surface area contributed by atoms with E-state index < -0.39 is 71.0 Å². The molecule has 12 heteroatoms. The molecular weight excluding hydrogens is 623 g/mol. The average Bonchev–Trinajstić information content (AvgIpc) is 3.48. The molecule has 4 amide bonds. The number of nitrogens with zero attached hydrogens (tertiary/aromatic N) is 2. The Bertz CT molecular complexity index is 1670. The van der Waals surface area contributed by atoms with Crippen LogP contribution in [-0.4, -0.2) is 43.8 Å². The number of esters is 1. The molecule has 3 aromatic rings. The molecule has 3 saturated carbocycles. The minimum Gasteiger partial charge on any atom is -0.497 e. The number of methoxy groups -OCH3 is 2. The summed E-state index contributed by atoms with van der Waals surface area (Å²) in [5, 5.41) is 0.466. The lowest BCUT2D eigenvalue weighted by atomic mass is 9.48. The summed E-state index contributed by atoms with van der Waals surface area (Å²) in [6.45, 7) is 0. The van der Waals surface area contributed by atoms with Crippen molar-refractivity contribution >= 4 is 64.2 Å². The van der Waals surface area contributed by atoms with Gasteiger partial charge in [-0.2, -0.15) is 0 Å². The van der Waals surface area contributed by atoms with Crippen molar-refractivity contribution in [1.82, 2.24) is 0 Å². The van der Waals surface area contributed by atoms with Crippen LogP contribution < -0.4 is 24.0 Å². The molecule has 0 radical (unpaired) electrons. The second-order valence-electron chi connectivity index (χ2n) is 11.6. The zero-order chi connectivity index (χ0) is 31.7. The van der Waals surface area contributed by atoms with Crippen LogP contribution in [0, 0.1) is 41.4 Å². The number of carbonyl (C=O) groups excluding carboxylic acids is 5. The lowest BCUT2D eigenvalue weighted by Crippen LogP contribution is -2.58. The summed E-state index contributed by atoms with van der Waals surface area (Å²) in [5.74, 6) is -7.97. The van der Waals surface area contributed by atoms with Gasteiger partial charge in [-0.1, -0.05) is 23.2 Å². The summed E-state index contributed by atoms with van der Waals surface area (Å²) in [7, 11) is 3.01. The van der Waals surface area contributed by atoms with Gasteiger partial charge in [-0.25, -0.2) is 0 Å². The van der Waals surface area contributed by atoms with Crippen molar-refractivity contribution < 1.29 is 38.2 Å². The number of benzene rings is 3. The number of amides is 4. The molecule has 0 aromatic heterocycles. The normalized spacial score (nSPS) is 28.3. The molecule has 230 valence electrons. The fourth-order valence-corrected chi connectivity index (χ4v) is 8.24. The highest BCUT2D eigenvalue weighted by molar-refractivity contribution is 6.35. The topological polar surface area (TPSA) is 120 Å². The lowest BCUT2D eigenvalue weighted by Gasteiger charge is -2.51. The van der Waals surface area contributed by atoms with Crippen LogP contribution in [0.3, 0.4) is 0 Å². The van der Waals surface area contributed by atoms with Crippen LogP contribution >= 0.6 is 23.2 Å². The molecule has 8 rings (SSSR count). The van der Waals surface area contributed by atoms with Crippen LogP contribution in [0.4, 0.5) is 11.4 Å². The number of ether oxygens (including phenoxy) is 3. The molecule has 3 aliphatic carbocycles. The molecule has 7 atom stereocenters. The van der Waals surface area contributed by atoms with Gasteiger partial charge < -0.3 is 14.2 Å². The molecule has 0 spiro atoms. The van der Waals surface area contributed by atoms with E-state index in [0.717, 1.165) is 9.80 Å². The molecule has 5 fully saturated rings. The minimum absolute atomic E-state index is 0.0722. The van der Waals surface area contributed by atoms with Gasteiger partial charge in [0.2, 0.25) is 23.6 Å². The van der Waals surface area contributed by atoms with Gasteiger partial charge in [0, 0.05) is 5.02 Å². The molecule has 0 N–H and O–H groups in total. The van der Waals surface area contributed by atoms with E-state index in [1.165, 1.54) is 32.4 Å². The predicted octanol–water partition coefficient (Wildman–Crippen LogP) is 4.79. The van der Waals surface area contributed by atoms with Crippen molar-refractivity contribution in [1.29, 1.82) is 0 Å². The van der Waals surface area contributed by atoms with Crippen LogP contribution in [0.15, 0.2) is 66.7 Å². The summed E-state index contributed by atoms with van der Waals surface area (Å²) >= 11 is 12.3. The maximum Gasteiger partial charge on any atom is 0.314 e. The lowest BCUT2D eigenvalue weighted by molar-refractivity contribution is -0.167. The Balaban J connectivity index is 1.29. The van der Waals surface area contributed by atoms with E-state index in [0.29, 0.717) is 27.9 Å². The first-order chi connectivity index (χ1) is 21.6. The summed E-state index contributed by atoms with van der Waals surface area (Å²) in [6, 6.07) is 17.4. The van der Waals surface area contributed by atoms with Gasteiger partial charge in [0.25, 0.3) is 0 Å². The van der Waals surface area contributed by atoms with Crippen LogP contribution in [0.5, 0.6) is 17.2 Å². The third-order valence-corrected chi connectivity index (χ3v) is 10.1. The molecule has 2 aliphatic heterocycles. The quantitative estimate of drug-likeness (QED) is 0.213. The largest absolute Gasteiger partial charge is 0.497 e. The fraction of sp³-hybridized carbons (Fsp3) is 0.303. The van der Waals surface area contributed by atoms with Gasteiger partial charge in [-0.15, -0.1) is 0 Å². The molecular formula is C33H26Cl2N2O8. The Morgan fingerprint density at radius 2 is 1.16 bits per heavy atom. The first-order valence-corrected chi connectivity index (χ1v) is 15.1. The van der Waals surface area contributed by atoms with E-state index in [2.05, 4.69) is 0 Å². The van der Waals surface area contributed by atoms with Crippen LogP contribution in [0.2, 0.25) is 10.0 Å². The zero-order valence-electron chi connectivity index (χ0n) is 24.0. The summed E-state index contributed by atoms with van der Waals surface area (Å²) in [4.78, 5) is 72.5. The number of carbonyl (C=O) groups is 5. The van der Waals surface area contributed by atoms with Crippen molar-refractivity contribution in [3.63, 3.8) is 0 Å². The monoisotopic (exact) mass is 648 g/mol. The van der Waals surface area contributed by atoms with Crippen molar-refractivity contribution in [3.8, 4) is 17.2 Å². The Labute approximate surface area is 267 Å². The van der Waals surface area contributed by atoms with E-state index in [1.54, 1.807) is 48.5 Å². The Hall–Kier alpha value is -4.41. The highest BCUT2D eigenvalue weighted by Gasteiger charge is 2.73. The van der Waals surface area contributed by atoms with Gasteiger partial charge in [0.05, 0.1) is 60.2 Å². The van der Waals surface area contributed by atoms with Crippen LogP contribution in [0.25, 0.3) is 0 Å². The number of fused-ring (bicyclic) bond motifs is 1. The Morgan fingerprint density at radius 1 is 0.689 bits per heavy atom. The highest BCUT2D eigenvalue weighted by atomic mass is 35.5. The van der Waals surface area contributed by atoms with E-state index >= 15 is 0 Å². The van der Waals surface area contributed by atoms with Gasteiger partial charge in [0.1, 0.15) is 17.2 Å². The first kappa shape index (κ1) is 29.3. The summed E-state index contributed by atoms with van der Waals surface area (Å²) < 4.78 is 16.1. The molecule has 5 aliphatic rings. The maximum atomic E-state index is 14.2. The number of imide groups is 2. The predicted molar refractivity (Wildman–Crippen MR) is 162 cm³/mol. The highest BCUT2D eigenvalue weighted by Crippen LogP contribution is 2.63. The maximum absolute atomic E-state index is 14.2. The number of halogens is 2. The molecule has 2 saturated heterocycles. The Kier molecular flexibility index (Phi) is 7.09. The minimum atomic E-state index is -1.01. The van der Waals surface area contributed by atoms with Crippen LogP contribution in [0.1, 0.15) is 6.42 Å². The van der Waals surface area contributed by atoms with Gasteiger partial charge >= 0.3 is 5.97 Å². The van der Waals surface area contributed by atoms with Gasteiger partial charge in [0.15, 0.2) is 0 Å². The smallest absolute Gasteiger partial charge is 0.314 e. The Morgan fingerprint density at radius 3 is 1.60 bits per heavy atom.